The van der Waals surface area contributed by atoms with Crippen LogP contribution < -0.4 is 10.6 Å². The Labute approximate surface area is 189 Å². The van der Waals surface area contributed by atoms with Crippen LogP contribution in [0.25, 0.3) is 0 Å². The number of guanidine groups is 1. The maximum Gasteiger partial charge on any atom is 0.191 e. The van der Waals surface area contributed by atoms with Crippen molar-refractivity contribution in [2.24, 2.45) is 4.99 Å². The Hall–Kier alpha value is -0.120. The molecular weight excluding hydrogens is 465 g/mol. The zero-order valence-corrected chi connectivity index (χ0v) is 20.4. The third-order valence-electron chi connectivity index (χ3n) is 6.86. The number of piperidine rings is 1. The van der Waals surface area contributed by atoms with E-state index < -0.39 is 0 Å². The Morgan fingerprint density at radius 2 is 1.79 bits per heavy atom. The summed E-state index contributed by atoms with van der Waals surface area (Å²) in [6, 6.07) is 0.755. The molecule has 28 heavy (non-hydrogen) atoms. The Kier molecular flexibility index (Phi) is 10.8. The Morgan fingerprint density at radius 3 is 2.46 bits per heavy atom. The lowest BCUT2D eigenvalue weighted by atomic mass is 9.88. The highest BCUT2D eigenvalue weighted by molar-refractivity contribution is 14.0. The van der Waals surface area contributed by atoms with Gasteiger partial charge >= 0.3 is 0 Å². The lowest BCUT2D eigenvalue weighted by Gasteiger charge is -2.45. The van der Waals surface area contributed by atoms with E-state index >= 15 is 0 Å². The minimum Gasteiger partial charge on any atom is -0.381 e. The number of aliphatic imine (C=N–C) groups is 1. The van der Waals surface area contributed by atoms with Gasteiger partial charge in [0.2, 0.25) is 0 Å². The fraction of sp³-hybridized carbons (Fsp3) is 0.952. The minimum absolute atomic E-state index is 0. The number of halogens is 1. The molecule has 2 N–H and O–H groups in total. The van der Waals surface area contributed by atoms with Gasteiger partial charge in [-0.25, -0.2) is 0 Å². The largest absolute Gasteiger partial charge is 0.381 e. The van der Waals surface area contributed by atoms with Gasteiger partial charge in [0.05, 0.1) is 0 Å². The fourth-order valence-electron chi connectivity index (χ4n) is 5.00. The van der Waals surface area contributed by atoms with Crippen molar-refractivity contribution >= 4 is 29.9 Å². The quantitative estimate of drug-likeness (QED) is 0.240. The zero-order chi connectivity index (χ0) is 19.0. The van der Waals surface area contributed by atoms with E-state index in [2.05, 4.69) is 32.3 Å². The normalized spacial score (nSPS) is 26.6. The molecule has 3 aliphatic rings. The van der Waals surface area contributed by atoms with Crippen molar-refractivity contribution in [2.45, 2.75) is 69.9 Å². The molecule has 0 aromatic carbocycles. The number of nitrogens with one attached hydrogen (secondary N) is 2. The zero-order valence-electron chi connectivity index (χ0n) is 18.0. The number of ether oxygens (including phenoxy) is 1. The molecule has 1 atom stereocenters. The molecule has 3 saturated heterocycles. The smallest absolute Gasteiger partial charge is 0.191 e. The standard InChI is InChI=1S/C21H41N5O.HI/c1-19-8-3-4-12-25(19)13-7-11-23-20(22-2)24-18-21(9-16-27-17-10-21)26-14-5-6-15-26;/h19H,3-18H2,1-2H3,(H2,22,23,24);1H. The van der Waals surface area contributed by atoms with Crippen molar-refractivity contribution in [1.82, 2.24) is 20.4 Å². The Morgan fingerprint density at radius 1 is 1.07 bits per heavy atom. The van der Waals surface area contributed by atoms with E-state index in [1.807, 2.05) is 7.05 Å². The van der Waals surface area contributed by atoms with Gasteiger partial charge in [-0.15, -0.1) is 24.0 Å². The van der Waals surface area contributed by atoms with Gasteiger partial charge in [-0.1, -0.05) is 6.42 Å². The maximum absolute atomic E-state index is 5.66. The first-order valence-electron chi connectivity index (χ1n) is 11.2. The second-order valence-corrected chi connectivity index (χ2v) is 8.62. The van der Waals surface area contributed by atoms with E-state index in [9.17, 15) is 0 Å². The molecular formula is C21H42IN5O. The number of nitrogens with zero attached hydrogens (tertiary/aromatic N) is 3. The highest BCUT2D eigenvalue weighted by atomic mass is 127. The average Bonchev–Trinajstić information content (AvgIpc) is 3.25. The highest BCUT2D eigenvalue weighted by Gasteiger charge is 2.39. The molecule has 0 aromatic heterocycles. The third-order valence-corrected chi connectivity index (χ3v) is 6.86. The second-order valence-electron chi connectivity index (χ2n) is 8.62. The number of hydrogen-bond donors (Lipinski definition) is 2. The van der Waals surface area contributed by atoms with Crippen molar-refractivity contribution < 1.29 is 4.74 Å². The Bertz CT molecular complexity index is 464. The second kappa shape index (κ2) is 12.5. The topological polar surface area (TPSA) is 52.1 Å². The summed E-state index contributed by atoms with van der Waals surface area (Å²) in [6.07, 6.45) is 10.2. The lowest BCUT2D eigenvalue weighted by Crippen LogP contribution is -2.58. The van der Waals surface area contributed by atoms with Crippen molar-refractivity contribution in [2.75, 3.05) is 59.5 Å². The summed E-state index contributed by atoms with van der Waals surface area (Å²) >= 11 is 0. The third kappa shape index (κ3) is 6.71. The summed E-state index contributed by atoms with van der Waals surface area (Å²) in [5.41, 5.74) is 0.246. The van der Waals surface area contributed by atoms with Crippen molar-refractivity contribution in [1.29, 1.82) is 0 Å². The minimum atomic E-state index is 0. The van der Waals surface area contributed by atoms with Crippen LogP contribution in [0.1, 0.15) is 58.3 Å². The first-order valence-corrected chi connectivity index (χ1v) is 11.2. The molecule has 3 heterocycles. The van der Waals surface area contributed by atoms with E-state index in [0.29, 0.717) is 0 Å². The summed E-state index contributed by atoms with van der Waals surface area (Å²) in [4.78, 5) is 9.81. The van der Waals surface area contributed by atoms with E-state index in [0.717, 1.165) is 51.1 Å². The van der Waals surface area contributed by atoms with Crippen molar-refractivity contribution in [3.8, 4) is 0 Å². The van der Waals surface area contributed by atoms with E-state index in [1.54, 1.807) is 0 Å². The molecule has 3 rings (SSSR count). The summed E-state index contributed by atoms with van der Waals surface area (Å²) in [6.45, 7) is 11.1. The van der Waals surface area contributed by atoms with Crippen LogP contribution >= 0.6 is 24.0 Å². The predicted molar refractivity (Wildman–Crippen MR) is 128 cm³/mol. The lowest BCUT2D eigenvalue weighted by molar-refractivity contribution is -0.0164. The summed E-state index contributed by atoms with van der Waals surface area (Å²) in [7, 11) is 1.88. The molecule has 3 aliphatic heterocycles. The first-order chi connectivity index (χ1) is 13.2. The molecule has 0 spiro atoms. The van der Waals surface area contributed by atoms with Gasteiger partial charge in [0.15, 0.2) is 5.96 Å². The summed E-state index contributed by atoms with van der Waals surface area (Å²) in [5, 5.41) is 7.17. The number of rotatable bonds is 7. The van der Waals surface area contributed by atoms with Crippen LogP contribution in [-0.2, 0) is 4.74 Å². The molecule has 0 saturated carbocycles. The van der Waals surface area contributed by atoms with Gasteiger partial charge in [-0.2, -0.15) is 0 Å². The van der Waals surface area contributed by atoms with E-state index in [4.69, 9.17) is 4.74 Å². The highest BCUT2D eigenvalue weighted by Crippen LogP contribution is 2.30. The van der Waals surface area contributed by atoms with Gasteiger partial charge in [0.25, 0.3) is 0 Å². The molecule has 0 aliphatic carbocycles. The van der Waals surface area contributed by atoms with Crippen LogP contribution in [0.4, 0.5) is 0 Å². The predicted octanol–water partition coefficient (Wildman–Crippen LogP) is 2.68. The van der Waals surface area contributed by atoms with E-state index in [-0.39, 0.29) is 29.5 Å². The van der Waals surface area contributed by atoms with Crippen LogP contribution in [0, 0.1) is 0 Å². The van der Waals surface area contributed by atoms with Crippen molar-refractivity contribution in [3.63, 3.8) is 0 Å². The molecule has 6 nitrogen and oxygen atoms in total. The van der Waals surface area contributed by atoms with Crippen LogP contribution in [0.15, 0.2) is 4.99 Å². The summed E-state index contributed by atoms with van der Waals surface area (Å²) < 4.78 is 5.66. The molecule has 0 radical (unpaired) electrons. The molecule has 7 heteroatoms. The van der Waals surface area contributed by atoms with Gasteiger partial charge in [0.1, 0.15) is 0 Å². The fourth-order valence-corrected chi connectivity index (χ4v) is 5.00. The van der Waals surface area contributed by atoms with Crippen LogP contribution in [-0.4, -0.2) is 86.9 Å². The molecule has 0 aromatic rings. The van der Waals surface area contributed by atoms with Crippen LogP contribution in [0.5, 0.6) is 0 Å². The number of likely N-dealkylation sites (tertiary alicyclic amines) is 2. The van der Waals surface area contributed by atoms with Crippen LogP contribution in [0.2, 0.25) is 0 Å². The van der Waals surface area contributed by atoms with Gasteiger partial charge in [-0.3, -0.25) is 9.89 Å². The molecule has 0 amide bonds. The van der Waals surface area contributed by atoms with E-state index in [1.165, 1.54) is 64.7 Å². The molecule has 3 fully saturated rings. The van der Waals surface area contributed by atoms with Gasteiger partial charge < -0.3 is 20.3 Å². The van der Waals surface area contributed by atoms with Gasteiger partial charge in [-0.05, 0) is 71.5 Å². The maximum atomic E-state index is 5.66. The monoisotopic (exact) mass is 507 g/mol. The summed E-state index contributed by atoms with van der Waals surface area (Å²) in [5.74, 6) is 0.951. The SMILES string of the molecule is CN=C(NCCCN1CCCCC1C)NCC1(N2CCCC2)CCOCC1.I. The van der Waals surface area contributed by atoms with Crippen molar-refractivity contribution in [3.05, 3.63) is 0 Å². The van der Waals surface area contributed by atoms with Crippen LogP contribution in [0.3, 0.4) is 0 Å². The Balaban J connectivity index is 0.00000280. The first kappa shape index (κ1) is 24.2. The average molecular weight is 508 g/mol. The molecule has 1 unspecified atom stereocenters. The van der Waals surface area contributed by atoms with Gasteiger partial charge in [0, 0.05) is 51.5 Å². The number of hydrogen-bond acceptors (Lipinski definition) is 4. The molecule has 164 valence electrons. The molecule has 0 bridgehead atoms.